The van der Waals surface area contributed by atoms with Crippen molar-refractivity contribution in [2.75, 3.05) is 13.6 Å². The summed E-state index contributed by atoms with van der Waals surface area (Å²) in [6.07, 6.45) is 3.85. The number of fused-ring (bicyclic) bond motifs is 1. The van der Waals surface area contributed by atoms with Gasteiger partial charge < -0.3 is 9.64 Å². The van der Waals surface area contributed by atoms with Gasteiger partial charge in [-0.2, -0.15) is 10.2 Å². The summed E-state index contributed by atoms with van der Waals surface area (Å²) in [7, 11) is 1.77. The Morgan fingerprint density at radius 3 is 3.09 bits per heavy atom. The SMILES string of the molecule is C[C@@H]1Cc2c(C(=O)N(C)CCn3cncn3)n[nH]c2[C@H](C)O1. The van der Waals surface area contributed by atoms with Crippen LogP contribution < -0.4 is 0 Å². The summed E-state index contributed by atoms with van der Waals surface area (Å²) in [5.41, 5.74) is 2.38. The zero-order valence-corrected chi connectivity index (χ0v) is 13.0. The summed E-state index contributed by atoms with van der Waals surface area (Å²) in [5.74, 6) is -0.0843. The van der Waals surface area contributed by atoms with E-state index in [1.165, 1.54) is 6.33 Å². The molecule has 22 heavy (non-hydrogen) atoms. The third kappa shape index (κ3) is 2.74. The van der Waals surface area contributed by atoms with Crippen molar-refractivity contribution in [2.24, 2.45) is 0 Å². The fourth-order valence-corrected chi connectivity index (χ4v) is 2.73. The molecule has 0 spiro atoms. The number of H-pyrrole nitrogens is 1. The molecule has 0 bridgehead atoms. The van der Waals surface area contributed by atoms with Crippen LogP contribution >= 0.6 is 0 Å². The number of rotatable bonds is 4. The molecule has 0 saturated heterocycles. The molecular formula is C14H20N6O2. The smallest absolute Gasteiger partial charge is 0.274 e. The molecule has 118 valence electrons. The zero-order valence-electron chi connectivity index (χ0n) is 13.0. The molecule has 0 aliphatic carbocycles. The number of likely N-dealkylation sites (N-methyl/N-ethyl adjacent to an activating group) is 1. The van der Waals surface area contributed by atoms with E-state index in [9.17, 15) is 4.79 Å². The van der Waals surface area contributed by atoms with Gasteiger partial charge in [-0.05, 0) is 13.8 Å². The van der Waals surface area contributed by atoms with Gasteiger partial charge in [0.2, 0.25) is 0 Å². The minimum Gasteiger partial charge on any atom is -0.369 e. The molecule has 3 rings (SSSR count). The van der Waals surface area contributed by atoms with Gasteiger partial charge in [0.1, 0.15) is 12.7 Å². The number of carbonyl (C=O) groups excluding carboxylic acids is 1. The predicted octanol–water partition coefficient (Wildman–Crippen LogP) is 0.796. The van der Waals surface area contributed by atoms with Gasteiger partial charge in [0, 0.05) is 25.6 Å². The summed E-state index contributed by atoms with van der Waals surface area (Å²) in [6.45, 7) is 5.13. The van der Waals surface area contributed by atoms with Crippen LogP contribution in [0.1, 0.15) is 41.7 Å². The largest absolute Gasteiger partial charge is 0.369 e. The molecule has 1 aliphatic heterocycles. The van der Waals surface area contributed by atoms with Gasteiger partial charge in [0.15, 0.2) is 5.69 Å². The Morgan fingerprint density at radius 2 is 2.36 bits per heavy atom. The van der Waals surface area contributed by atoms with Crippen LogP contribution in [-0.2, 0) is 17.7 Å². The average molecular weight is 304 g/mol. The highest BCUT2D eigenvalue weighted by molar-refractivity contribution is 5.93. The highest BCUT2D eigenvalue weighted by atomic mass is 16.5. The van der Waals surface area contributed by atoms with Crippen molar-refractivity contribution in [1.29, 1.82) is 0 Å². The van der Waals surface area contributed by atoms with E-state index in [0.29, 0.717) is 25.2 Å². The molecule has 1 N–H and O–H groups in total. The quantitative estimate of drug-likeness (QED) is 0.902. The fraction of sp³-hybridized carbons (Fsp3) is 0.571. The molecule has 2 atom stereocenters. The second-order valence-electron chi connectivity index (χ2n) is 5.64. The van der Waals surface area contributed by atoms with Crippen molar-refractivity contribution >= 4 is 5.91 Å². The van der Waals surface area contributed by atoms with Crippen LogP contribution in [0.2, 0.25) is 0 Å². The molecule has 8 nitrogen and oxygen atoms in total. The van der Waals surface area contributed by atoms with Gasteiger partial charge >= 0.3 is 0 Å². The molecule has 2 aromatic heterocycles. The molecule has 0 aromatic carbocycles. The average Bonchev–Trinajstić information content (AvgIpc) is 3.13. The molecular weight excluding hydrogens is 284 g/mol. The highest BCUT2D eigenvalue weighted by Gasteiger charge is 2.30. The first-order valence-electron chi connectivity index (χ1n) is 7.36. The highest BCUT2D eigenvalue weighted by Crippen LogP contribution is 2.30. The van der Waals surface area contributed by atoms with Crippen LogP contribution in [-0.4, -0.2) is 55.5 Å². The van der Waals surface area contributed by atoms with E-state index in [2.05, 4.69) is 20.3 Å². The second-order valence-corrected chi connectivity index (χ2v) is 5.64. The van der Waals surface area contributed by atoms with E-state index < -0.39 is 0 Å². The monoisotopic (exact) mass is 304 g/mol. The van der Waals surface area contributed by atoms with E-state index in [1.807, 2.05) is 13.8 Å². The Hall–Kier alpha value is -2.22. The number of hydrogen-bond acceptors (Lipinski definition) is 5. The van der Waals surface area contributed by atoms with Crippen molar-refractivity contribution in [3.63, 3.8) is 0 Å². The summed E-state index contributed by atoms with van der Waals surface area (Å²) in [6, 6.07) is 0. The number of nitrogens with one attached hydrogen (secondary N) is 1. The van der Waals surface area contributed by atoms with Crippen molar-refractivity contribution in [3.05, 3.63) is 29.6 Å². The summed E-state index contributed by atoms with van der Waals surface area (Å²) in [4.78, 5) is 18.1. The lowest BCUT2D eigenvalue weighted by Gasteiger charge is -2.25. The predicted molar refractivity (Wildman–Crippen MR) is 78.2 cm³/mol. The number of amides is 1. The van der Waals surface area contributed by atoms with Crippen molar-refractivity contribution in [2.45, 2.75) is 39.0 Å². The van der Waals surface area contributed by atoms with Gasteiger partial charge in [-0.3, -0.25) is 14.6 Å². The number of hydrogen-bond donors (Lipinski definition) is 1. The number of carbonyl (C=O) groups is 1. The molecule has 1 amide bonds. The Balaban J connectivity index is 1.72. The Morgan fingerprint density at radius 1 is 1.55 bits per heavy atom. The topological polar surface area (TPSA) is 88.9 Å². The van der Waals surface area contributed by atoms with Crippen molar-refractivity contribution in [3.8, 4) is 0 Å². The van der Waals surface area contributed by atoms with Crippen LogP contribution in [0.4, 0.5) is 0 Å². The molecule has 2 aromatic rings. The lowest BCUT2D eigenvalue weighted by atomic mass is 9.99. The van der Waals surface area contributed by atoms with Gasteiger partial charge in [-0.15, -0.1) is 0 Å². The van der Waals surface area contributed by atoms with Crippen LogP contribution in [0, 0.1) is 0 Å². The molecule has 3 heterocycles. The van der Waals surface area contributed by atoms with Gasteiger partial charge in [-0.1, -0.05) is 0 Å². The van der Waals surface area contributed by atoms with E-state index in [4.69, 9.17) is 4.74 Å². The van der Waals surface area contributed by atoms with Crippen LogP contribution in [0.25, 0.3) is 0 Å². The third-order valence-electron chi connectivity index (χ3n) is 3.91. The van der Waals surface area contributed by atoms with E-state index in [-0.39, 0.29) is 18.1 Å². The first-order valence-corrected chi connectivity index (χ1v) is 7.36. The van der Waals surface area contributed by atoms with Crippen molar-refractivity contribution < 1.29 is 9.53 Å². The molecule has 0 fully saturated rings. The zero-order chi connectivity index (χ0) is 15.7. The Labute approximate surface area is 128 Å². The van der Waals surface area contributed by atoms with Crippen molar-refractivity contribution in [1.82, 2.24) is 29.9 Å². The van der Waals surface area contributed by atoms with E-state index >= 15 is 0 Å². The molecule has 0 saturated carbocycles. The normalized spacial score (nSPS) is 20.7. The summed E-state index contributed by atoms with van der Waals surface area (Å²) >= 11 is 0. The third-order valence-corrected chi connectivity index (χ3v) is 3.91. The van der Waals surface area contributed by atoms with Crippen LogP contribution in [0.5, 0.6) is 0 Å². The fourth-order valence-electron chi connectivity index (χ4n) is 2.73. The number of aromatic nitrogens is 5. The number of aromatic amines is 1. The lowest BCUT2D eigenvalue weighted by molar-refractivity contribution is -0.00701. The summed E-state index contributed by atoms with van der Waals surface area (Å²) in [5, 5.41) is 11.2. The van der Waals surface area contributed by atoms with Gasteiger partial charge in [0.25, 0.3) is 5.91 Å². The Bertz CT molecular complexity index is 650. The minimum absolute atomic E-state index is 0.0618. The lowest BCUT2D eigenvalue weighted by Crippen LogP contribution is -2.32. The first kappa shape index (κ1) is 14.7. The number of nitrogens with zero attached hydrogens (tertiary/aromatic N) is 5. The maximum absolute atomic E-state index is 12.6. The first-order chi connectivity index (χ1) is 10.6. The molecule has 8 heteroatoms. The molecule has 0 radical (unpaired) electrons. The standard InChI is InChI=1S/C14H20N6O2/c1-9-6-11-12(10(2)22-9)17-18-13(11)14(21)19(3)4-5-20-8-15-7-16-20/h7-10H,4-6H2,1-3H3,(H,17,18)/t9-,10+/m1/s1. The molecule has 0 unspecified atom stereocenters. The maximum atomic E-state index is 12.6. The van der Waals surface area contributed by atoms with Gasteiger partial charge in [0.05, 0.1) is 24.4 Å². The Kier molecular flexibility index (Phi) is 3.93. The summed E-state index contributed by atoms with van der Waals surface area (Å²) < 4.78 is 7.44. The minimum atomic E-state index is -0.0843. The second kappa shape index (κ2) is 5.88. The van der Waals surface area contributed by atoms with E-state index in [1.54, 1.807) is 23.0 Å². The number of ether oxygens (including phenoxy) is 1. The van der Waals surface area contributed by atoms with Gasteiger partial charge in [-0.25, -0.2) is 4.98 Å². The van der Waals surface area contributed by atoms with E-state index in [0.717, 1.165) is 11.3 Å². The molecule has 1 aliphatic rings. The maximum Gasteiger partial charge on any atom is 0.274 e. The van der Waals surface area contributed by atoms with Crippen LogP contribution in [0.3, 0.4) is 0 Å². The van der Waals surface area contributed by atoms with Crippen LogP contribution in [0.15, 0.2) is 12.7 Å².